The van der Waals surface area contributed by atoms with Crippen LogP contribution < -0.4 is 5.32 Å². The van der Waals surface area contributed by atoms with Gasteiger partial charge >= 0.3 is 0 Å². The summed E-state index contributed by atoms with van der Waals surface area (Å²) >= 11 is 0. The minimum Gasteiger partial charge on any atom is -0.394 e. The summed E-state index contributed by atoms with van der Waals surface area (Å²) < 4.78 is 0. The van der Waals surface area contributed by atoms with Crippen LogP contribution in [0, 0.1) is 0 Å². The first-order valence-electron chi connectivity index (χ1n) is 32.2. The second-order valence-electron chi connectivity index (χ2n) is 22.5. The van der Waals surface area contributed by atoms with Crippen LogP contribution in [0.15, 0.2) is 24.3 Å². The van der Waals surface area contributed by atoms with Gasteiger partial charge in [-0.25, -0.2) is 0 Å². The minimum atomic E-state index is -1.29. The molecule has 0 aromatic rings. The van der Waals surface area contributed by atoms with Crippen molar-refractivity contribution >= 4 is 5.91 Å². The molecule has 0 aliphatic rings. The molecule has 0 aliphatic heterocycles. The average molecular weight is 1000 g/mol. The molecule has 0 rings (SSSR count). The molecule has 0 fully saturated rings. The SMILES string of the molecule is CCCCCCCCCCCCCCCCCCCC/C=C/CC/C=C/CCCC(O)C(O)C(CO)NC(=O)C(O)CCCCCCCCCCCCCCCCCCCCCCCCCCCCCC. The Morgan fingerprint density at radius 1 is 0.338 bits per heavy atom. The maximum atomic E-state index is 12.6. The van der Waals surface area contributed by atoms with Crippen LogP contribution in [0.3, 0.4) is 0 Å². The molecule has 0 saturated carbocycles. The van der Waals surface area contributed by atoms with Gasteiger partial charge in [-0.05, 0) is 51.4 Å². The lowest BCUT2D eigenvalue weighted by Gasteiger charge is -2.27. The molecule has 0 spiro atoms. The second kappa shape index (κ2) is 59.7. The minimum absolute atomic E-state index is 0.365. The molecule has 4 unspecified atom stereocenters. The van der Waals surface area contributed by atoms with E-state index >= 15 is 0 Å². The van der Waals surface area contributed by atoms with Crippen LogP contribution in [0.25, 0.3) is 0 Å². The zero-order chi connectivity index (χ0) is 51.6. The van der Waals surface area contributed by atoms with Gasteiger partial charge in [0.1, 0.15) is 12.2 Å². The molecule has 0 saturated heterocycles. The largest absolute Gasteiger partial charge is 0.394 e. The van der Waals surface area contributed by atoms with Crippen molar-refractivity contribution in [1.29, 1.82) is 0 Å². The normalized spacial score (nSPS) is 13.7. The molecule has 4 atom stereocenters. The first-order valence-corrected chi connectivity index (χ1v) is 32.2. The van der Waals surface area contributed by atoms with Gasteiger partial charge in [0.05, 0.1) is 18.8 Å². The molecule has 5 N–H and O–H groups in total. The van der Waals surface area contributed by atoms with Gasteiger partial charge < -0.3 is 25.7 Å². The van der Waals surface area contributed by atoms with Crippen molar-refractivity contribution < 1.29 is 25.2 Å². The van der Waals surface area contributed by atoms with Crippen molar-refractivity contribution in [3.63, 3.8) is 0 Å². The van der Waals surface area contributed by atoms with Crippen molar-refractivity contribution in [3.05, 3.63) is 24.3 Å². The number of amides is 1. The Balaban J connectivity index is 3.61. The topological polar surface area (TPSA) is 110 Å². The number of unbranched alkanes of at least 4 members (excludes halogenated alkanes) is 47. The van der Waals surface area contributed by atoms with Gasteiger partial charge in [0.15, 0.2) is 0 Å². The predicted molar refractivity (Wildman–Crippen MR) is 311 cm³/mol. The maximum absolute atomic E-state index is 12.6. The first-order chi connectivity index (χ1) is 35.0. The van der Waals surface area contributed by atoms with Crippen molar-refractivity contribution in [2.24, 2.45) is 0 Å². The lowest BCUT2D eigenvalue weighted by atomic mass is 10.00. The third-order valence-corrected chi connectivity index (χ3v) is 15.4. The number of carbonyl (C=O) groups is 1. The Kier molecular flexibility index (Phi) is 58.6. The van der Waals surface area contributed by atoms with Gasteiger partial charge in [0.2, 0.25) is 5.91 Å². The molecule has 1 amide bonds. The van der Waals surface area contributed by atoms with E-state index < -0.39 is 36.9 Å². The number of aliphatic hydroxyl groups is 4. The zero-order valence-electron chi connectivity index (χ0n) is 48.0. The predicted octanol–water partition coefficient (Wildman–Crippen LogP) is 19.4. The molecule has 0 radical (unpaired) electrons. The maximum Gasteiger partial charge on any atom is 0.249 e. The third-order valence-electron chi connectivity index (χ3n) is 15.4. The molecule has 0 aromatic heterocycles. The average Bonchev–Trinajstić information content (AvgIpc) is 3.38. The number of hydrogen-bond donors (Lipinski definition) is 5. The standard InChI is InChI=1S/C65H127NO5/c1-3-5-7-9-11-13-15-17-19-21-23-25-27-29-31-33-35-37-39-41-43-45-47-49-51-53-55-57-59-63(69)65(71)66-61(60-67)64(70)62(68)58-56-54-52-50-48-46-44-42-40-38-36-34-32-30-28-26-24-22-20-18-16-14-12-10-8-6-4-2/h42,44,50,52,61-64,67-70H,3-41,43,45-49,51,53-60H2,1-2H3,(H,66,71)/b44-42+,52-50+. The van der Waals surface area contributed by atoms with E-state index in [-0.39, 0.29) is 0 Å². The highest BCUT2D eigenvalue weighted by molar-refractivity contribution is 5.80. The van der Waals surface area contributed by atoms with Gasteiger partial charge in [0, 0.05) is 0 Å². The van der Waals surface area contributed by atoms with Crippen LogP contribution in [0.1, 0.15) is 354 Å². The Morgan fingerprint density at radius 2 is 0.592 bits per heavy atom. The van der Waals surface area contributed by atoms with E-state index in [2.05, 4.69) is 43.5 Å². The lowest BCUT2D eigenvalue weighted by molar-refractivity contribution is -0.132. The number of allylic oxidation sites excluding steroid dienone is 4. The highest BCUT2D eigenvalue weighted by atomic mass is 16.3. The molecule has 71 heavy (non-hydrogen) atoms. The van der Waals surface area contributed by atoms with Gasteiger partial charge in [-0.15, -0.1) is 0 Å². The molecule has 0 heterocycles. The van der Waals surface area contributed by atoms with Gasteiger partial charge in [-0.2, -0.15) is 0 Å². The van der Waals surface area contributed by atoms with Crippen molar-refractivity contribution in [2.45, 2.75) is 379 Å². The van der Waals surface area contributed by atoms with Crippen LogP contribution in [-0.2, 0) is 4.79 Å². The second-order valence-corrected chi connectivity index (χ2v) is 22.5. The Labute approximate surface area is 444 Å². The first kappa shape index (κ1) is 69.8. The summed E-state index contributed by atoms with van der Waals surface area (Å²) in [4.78, 5) is 12.6. The van der Waals surface area contributed by atoms with E-state index in [0.717, 1.165) is 38.5 Å². The smallest absolute Gasteiger partial charge is 0.249 e. The Bertz CT molecular complexity index is 1080. The number of nitrogens with one attached hydrogen (secondary N) is 1. The highest BCUT2D eigenvalue weighted by Gasteiger charge is 2.28. The molecular formula is C65H127NO5. The van der Waals surface area contributed by atoms with Crippen molar-refractivity contribution in [2.75, 3.05) is 6.61 Å². The summed E-state index contributed by atoms with van der Waals surface area (Å²) in [5, 5.41) is 44.1. The third kappa shape index (κ3) is 53.4. The summed E-state index contributed by atoms with van der Waals surface area (Å²) in [6, 6.07) is -1.01. The van der Waals surface area contributed by atoms with Crippen LogP contribution in [0.4, 0.5) is 0 Å². The van der Waals surface area contributed by atoms with Gasteiger partial charge in [0.25, 0.3) is 0 Å². The molecule has 6 nitrogen and oxygen atoms in total. The fraction of sp³-hybridized carbons (Fsp3) is 0.923. The van der Waals surface area contributed by atoms with Crippen LogP contribution in [-0.4, -0.2) is 57.3 Å². The zero-order valence-corrected chi connectivity index (χ0v) is 48.0. The number of carbonyl (C=O) groups excluding carboxylic acids is 1. The Morgan fingerprint density at radius 3 is 0.887 bits per heavy atom. The van der Waals surface area contributed by atoms with E-state index in [1.54, 1.807) is 0 Å². The number of rotatable bonds is 60. The van der Waals surface area contributed by atoms with E-state index in [0.29, 0.717) is 19.3 Å². The molecule has 6 heteroatoms. The van der Waals surface area contributed by atoms with Crippen LogP contribution in [0.5, 0.6) is 0 Å². The van der Waals surface area contributed by atoms with E-state index in [9.17, 15) is 25.2 Å². The quantitative estimate of drug-likeness (QED) is 0.0308. The summed E-state index contributed by atoms with van der Waals surface area (Å²) in [5.74, 6) is -0.590. The summed E-state index contributed by atoms with van der Waals surface area (Å²) in [5.41, 5.74) is 0. The molecule has 422 valence electrons. The number of aliphatic hydroxyl groups excluding tert-OH is 4. The lowest BCUT2D eigenvalue weighted by Crippen LogP contribution is -2.53. The Hall–Kier alpha value is -1.21. The van der Waals surface area contributed by atoms with Crippen LogP contribution >= 0.6 is 0 Å². The van der Waals surface area contributed by atoms with E-state index in [1.165, 1.54) is 283 Å². The summed E-state index contributed by atoms with van der Waals surface area (Å²) in [6.07, 6.45) is 74.3. The van der Waals surface area contributed by atoms with Crippen molar-refractivity contribution in [3.8, 4) is 0 Å². The molecule has 0 bridgehead atoms. The van der Waals surface area contributed by atoms with Gasteiger partial charge in [-0.1, -0.05) is 327 Å². The summed E-state index contributed by atoms with van der Waals surface area (Å²) in [7, 11) is 0. The van der Waals surface area contributed by atoms with E-state index in [4.69, 9.17) is 0 Å². The molecule has 0 aliphatic carbocycles. The van der Waals surface area contributed by atoms with E-state index in [1.807, 2.05) is 0 Å². The van der Waals surface area contributed by atoms with Crippen LogP contribution in [0.2, 0.25) is 0 Å². The van der Waals surface area contributed by atoms with Gasteiger partial charge in [-0.3, -0.25) is 4.79 Å². The monoisotopic (exact) mass is 1000 g/mol. The highest BCUT2D eigenvalue weighted by Crippen LogP contribution is 2.19. The summed E-state index contributed by atoms with van der Waals surface area (Å²) in [6.45, 7) is 4.09. The molecule has 0 aromatic carbocycles. The molecular weight excluding hydrogens is 875 g/mol. The fourth-order valence-electron chi connectivity index (χ4n) is 10.4. The fourth-order valence-corrected chi connectivity index (χ4v) is 10.4. The van der Waals surface area contributed by atoms with Crippen molar-refractivity contribution in [1.82, 2.24) is 5.32 Å². The number of hydrogen-bond acceptors (Lipinski definition) is 5.